The Morgan fingerprint density at radius 2 is 1.86 bits per heavy atom. The molecule has 1 aromatic heterocycles. The number of hydrogen-bond donors (Lipinski definition) is 2. The Morgan fingerprint density at radius 1 is 1.21 bits per heavy atom. The molecule has 150 valence electrons. The third-order valence-electron chi connectivity index (χ3n) is 4.04. The second-order valence-electron chi connectivity index (χ2n) is 6.06. The number of nitrogens with zero attached hydrogens (tertiary/aromatic N) is 2. The molecule has 11 heteroatoms. The topological polar surface area (TPSA) is 155 Å². The van der Waals surface area contributed by atoms with E-state index in [-0.39, 0.29) is 33.3 Å². The zero-order chi connectivity index (χ0) is 21.3. The monoisotopic (exact) mass is 417 g/mol. The maximum absolute atomic E-state index is 11.6. The summed E-state index contributed by atoms with van der Waals surface area (Å²) in [6, 6.07) is 10.8. The number of hydrogen-bond acceptors (Lipinski definition) is 7. The van der Waals surface area contributed by atoms with Gasteiger partial charge in [0.05, 0.1) is 15.5 Å². The molecule has 0 radical (unpaired) electrons. The van der Waals surface area contributed by atoms with Crippen molar-refractivity contribution in [2.24, 2.45) is 0 Å². The first-order chi connectivity index (χ1) is 13.6. The summed E-state index contributed by atoms with van der Waals surface area (Å²) in [5.41, 5.74) is 5.45. The lowest BCUT2D eigenvalue weighted by molar-refractivity contribution is -0.383. The smallest absolute Gasteiger partial charge is 0.416 e. The zero-order valence-corrected chi connectivity index (χ0v) is 15.8. The maximum Gasteiger partial charge on any atom is 0.416 e. The normalized spacial score (nSPS) is 11.2. The number of nitrogen functional groups attached to an aromatic ring is 1. The summed E-state index contributed by atoms with van der Waals surface area (Å²) in [4.78, 5) is 22.1. The summed E-state index contributed by atoms with van der Waals surface area (Å²) in [6.07, 6.45) is 1.07. The molecular weight excluding hydrogens is 402 g/mol. The van der Waals surface area contributed by atoms with Crippen molar-refractivity contribution in [2.75, 3.05) is 12.0 Å². The van der Waals surface area contributed by atoms with Crippen LogP contribution < -0.4 is 10.5 Å². The van der Waals surface area contributed by atoms with E-state index in [2.05, 4.69) is 0 Å². The van der Waals surface area contributed by atoms with E-state index in [1.54, 1.807) is 0 Å². The fraction of sp³-hybridized carbons (Fsp3) is 0.0556. The molecule has 0 aliphatic heterocycles. The number of sulfone groups is 1. The summed E-state index contributed by atoms with van der Waals surface area (Å²) in [5.74, 6) is 0.307. The number of anilines is 1. The molecule has 3 N–H and O–H groups in total. The number of ether oxygens (including phenoxy) is 1. The molecule has 0 amide bonds. The van der Waals surface area contributed by atoms with Gasteiger partial charge in [-0.3, -0.25) is 14.7 Å². The minimum absolute atomic E-state index is 0.0707. The van der Waals surface area contributed by atoms with Gasteiger partial charge in [-0.15, -0.1) is 0 Å². The van der Waals surface area contributed by atoms with Gasteiger partial charge in [0, 0.05) is 30.1 Å². The van der Waals surface area contributed by atoms with Crippen LogP contribution in [-0.2, 0) is 9.84 Å². The van der Waals surface area contributed by atoms with Gasteiger partial charge in [-0.2, -0.15) is 0 Å². The van der Waals surface area contributed by atoms with Gasteiger partial charge in [-0.05, 0) is 36.4 Å². The molecule has 10 nitrogen and oxygen atoms in total. The average molecular weight is 417 g/mol. The van der Waals surface area contributed by atoms with Crippen LogP contribution >= 0.6 is 0 Å². The van der Waals surface area contributed by atoms with Crippen LogP contribution in [0.1, 0.15) is 0 Å². The second kappa shape index (κ2) is 7.28. The second-order valence-corrected chi connectivity index (χ2v) is 8.07. The van der Waals surface area contributed by atoms with Gasteiger partial charge < -0.3 is 15.6 Å². The fourth-order valence-electron chi connectivity index (χ4n) is 2.68. The highest BCUT2D eigenvalue weighted by atomic mass is 32.2. The van der Waals surface area contributed by atoms with Crippen molar-refractivity contribution in [3.05, 3.63) is 64.8 Å². The number of nitro benzene ring substituents is 1. The van der Waals surface area contributed by atoms with Crippen LogP contribution in [-0.4, -0.2) is 35.4 Å². The molecule has 0 saturated carbocycles. The molecule has 0 aliphatic rings. The Morgan fingerprint density at radius 3 is 2.41 bits per heavy atom. The van der Waals surface area contributed by atoms with Gasteiger partial charge in [0.2, 0.25) is 0 Å². The number of nitro groups is 1. The molecule has 0 saturated heterocycles. The van der Waals surface area contributed by atoms with E-state index in [0.29, 0.717) is 0 Å². The van der Waals surface area contributed by atoms with E-state index in [1.165, 1.54) is 48.7 Å². The van der Waals surface area contributed by atoms with Gasteiger partial charge >= 0.3 is 6.09 Å². The molecule has 3 aromatic rings. The van der Waals surface area contributed by atoms with Crippen LogP contribution in [0.3, 0.4) is 0 Å². The van der Waals surface area contributed by atoms with E-state index in [1.807, 2.05) is 0 Å². The minimum atomic E-state index is -3.39. The first-order valence-corrected chi connectivity index (χ1v) is 9.94. The molecule has 3 rings (SSSR count). The molecule has 1 heterocycles. The summed E-state index contributed by atoms with van der Waals surface area (Å²) < 4.78 is 29.8. The lowest BCUT2D eigenvalue weighted by Gasteiger charge is -2.13. The van der Waals surface area contributed by atoms with Crippen LogP contribution in [0.15, 0.2) is 59.6 Å². The van der Waals surface area contributed by atoms with Crippen molar-refractivity contribution < 1.29 is 28.0 Å². The summed E-state index contributed by atoms with van der Waals surface area (Å²) in [6.45, 7) is 0. The summed E-state index contributed by atoms with van der Waals surface area (Å²) in [7, 11) is -3.39. The predicted octanol–water partition coefficient (Wildman–Crippen LogP) is 3.37. The first-order valence-electron chi connectivity index (χ1n) is 8.05. The Labute approximate surface area is 164 Å². The molecule has 0 fully saturated rings. The minimum Gasteiger partial charge on any atom is -0.464 e. The Balaban J connectivity index is 2.12. The summed E-state index contributed by atoms with van der Waals surface area (Å²) in [5, 5.41) is 20.6. The highest BCUT2D eigenvalue weighted by molar-refractivity contribution is 7.90. The quantitative estimate of drug-likeness (QED) is 0.364. The molecule has 29 heavy (non-hydrogen) atoms. The largest absolute Gasteiger partial charge is 0.464 e. The molecule has 0 aliphatic carbocycles. The zero-order valence-electron chi connectivity index (χ0n) is 15.0. The Kier molecular flexibility index (Phi) is 4.99. The van der Waals surface area contributed by atoms with Gasteiger partial charge in [-0.1, -0.05) is 0 Å². The van der Waals surface area contributed by atoms with E-state index < -0.39 is 26.5 Å². The van der Waals surface area contributed by atoms with Crippen LogP contribution in [0.5, 0.6) is 11.5 Å². The van der Waals surface area contributed by atoms with Gasteiger partial charge in [0.15, 0.2) is 9.84 Å². The third kappa shape index (κ3) is 4.04. The molecule has 0 atom stereocenters. The van der Waals surface area contributed by atoms with Crippen LogP contribution in [0.25, 0.3) is 11.3 Å². The van der Waals surface area contributed by atoms with Gasteiger partial charge in [0.1, 0.15) is 17.2 Å². The lowest BCUT2D eigenvalue weighted by atomic mass is 10.1. The number of benzene rings is 2. The number of rotatable bonds is 5. The van der Waals surface area contributed by atoms with Crippen molar-refractivity contribution in [3.8, 4) is 22.8 Å². The Bertz CT molecular complexity index is 1210. The standard InChI is InChI=1S/C18H15N3O7S/c1-29(26,27)12-6-4-11(5-7-12)28-17-10-14(19)16(21(24)25)9-13(17)15-3-2-8-20(15)18(22)23/h2-10H,19H2,1H3,(H,22,23). The first kappa shape index (κ1) is 19.9. The van der Waals surface area contributed by atoms with Crippen molar-refractivity contribution in [1.29, 1.82) is 0 Å². The number of carbonyl (C=O) groups is 1. The van der Waals surface area contributed by atoms with Crippen LogP contribution in [0, 0.1) is 10.1 Å². The maximum atomic E-state index is 11.6. The van der Waals surface area contributed by atoms with E-state index in [9.17, 15) is 28.4 Å². The highest BCUT2D eigenvalue weighted by Gasteiger charge is 2.22. The number of carboxylic acid groups (broad SMARTS) is 1. The van der Waals surface area contributed by atoms with E-state index in [0.717, 1.165) is 16.9 Å². The summed E-state index contributed by atoms with van der Waals surface area (Å²) >= 11 is 0. The SMILES string of the molecule is CS(=O)(=O)c1ccc(Oc2cc(N)c([N+](=O)[O-])cc2-c2cccn2C(=O)O)cc1. The molecule has 0 spiro atoms. The molecule has 0 unspecified atom stereocenters. The molecule has 2 aromatic carbocycles. The number of nitrogens with two attached hydrogens (primary N) is 1. The Hall–Kier alpha value is -3.86. The molecular formula is C18H15N3O7S. The van der Waals surface area contributed by atoms with E-state index >= 15 is 0 Å². The lowest BCUT2D eigenvalue weighted by Crippen LogP contribution is -2.08. The highest BCUT2D eigenvalue weighted by Crippen LogP contribution is 2.40. The third-order valence-corrected chi connectivity index (χ3v) is 5.16. The van der Waals surface area contributed by atoms with Gasteiger partial charge in [-0.25, -0.2) is 13.2 Å². The van der Waals surface area contributed by atoms with Crippen molar-refractivity contribution in [1.82, 2.24) is 4.57 Å². The van der Waals surface area contributed by atoms with Crippen molar-refractivity contribution in [3.63, 3.8) is 0 Å². The van der Waals surface area contributed by atoms with E-state index in [4.69, 9.17) is 10.5 Å². The fourth-order valence-corrected chi connectivity index (χ4v) is 3.31. The van der Waals surface area contributed by atoms with Crippen molar-refractivity contribution in [2.45, 2.75) is 4.90 Å². The van der Waals surface area contributed by atoms with Crippen LogP contribution in [0.2, 0.25) is 0 Å². The predicted molar refractivity (Wildman–Crippen MR) is 104 cm³/mol. The van der Waals surface area contributed by atoms with Crippen molar-refractivity contribution >= 4 is 27.3 Å². The average Bonchev–Trinajstić information content (AvgIpc) is 3.11. The van der Waals surface area contributed by atoms with Gasteiger partial charge in [0.25, 0.3) is 5.69 Å². The van der Waals surface area contributed by atoms with Crippen LogP contribution in [0.4, 0.5) is 16.2 Å². The number of aromatic nitrogens is 1. The molecule has 0 bridgehead atoms.